The van der Waals surface area contributed by atoms with Crippen LogP contribution in [0.3, 0.4) is 0 Å². The average Bonchev–Trinajstić information content (AvgIpc) is 3.35. The van der Waals surface area contributed by atoms with E-state index in [0.717, 1.165) is 65.4 Å². The number of hydrogen-bond acceptors (Lipinski definition) is 5. The Morgan fingerprint density at radius 2 is 1.49 bits per heavy atom. The quantitative estimate of drug-likeness (QED) is 0.299. The first-order valence-electron chi connectivity index (χ1n) is 12.2. The van der Waals surface area contributed by atoms with Gasteiger partial charge in [0.2, 0.25) is 0 Å². The summed E-state index contributed by atoms with van der Waals surface area (Å²) in [5, 5.41) is 1.88. The fourth-order valence-electron chi connectivity index (χ4n) is 4.68. The van der Waals surface area contributed by atoms with Gasteiger partial charge in [-0.2, -0.15) is 0 Å². The number of hydrogen-bond donors (Lipinski definition) is 3. The van der Waals surface area contributed by atoms with Crippen molar-refractivity contribution in [3.63, 3.8) is 0 Å². The monoisotopic (exact) mass is 575 g/mol. The number of aryl methyl sites for hydroxylation is 1. The molecule has 1 aliphatic rings. The largest absolute Gasteiger partial charge is 0.466 e. The predicted molar refractivity (Wildman–Crippen MR) is 147 cm³/mol. The van der Waals surface area contributed by atoms with E-state index in [1.165, 1.54) is 41.2 Å². The van der Waals surface area contributed by atoms with Crippen molar-refractivity contribution in [1.82, 2.24) is 14.3 Å². The summed E-state index contributed by atoms with van der Waals surface area (Å²) in [6, 6.07) is 13.0. The van der Waals surface area contributed by atoms with Crippen LogP contribution in [0, 0.1) is 18.6 Å². The van der Waals surface area contributed by atoms with Crippen LogP contribution in [0.5, 0.6) is 0 Å². The zero-order chi connectivity index (χ0) is 28.2. The second kappa shape index (κ2) is 12.4. The third-order valence-electron chi connectivity index (χ3n) is 6.52. The van der Waals surface area contributed by atoms with Crippen molar-refractivity contribution < 1.29 is 28.0 Å². The SMILES string of the molecule is Cc1nc2sccn2c(=O)c1CCN1CCC(=C(c2ccc(F)cc2)c2ccc(F)cc2)CC1.O=P(O)(O)O. The lowest BCUT2D eigenvalue weighted by Gasteiger charge is -2.30. The summed E-state index contributed by atoms with van der Waals surface area (Å²) in [5.74, 6) is -0.549. The maximum absolute atomic E-state index is 13.5. The first-order valence-corrected chi connectivity index (χ1v) is 14.6. The minimum atomic E-state index is -4.64. The van der Waals surface area contributed by atoms with Gasteiger partial charge in [-0.15, -0.1) is 11.3 Å². The molecule has 39 heavy (non-hydrogen) atoms. The van der Waals surface area contributed by atoms with Crippen molar-refractivity contribution in [3.8, 4) is 0 Å². The zero-order valence-electron chi connectivity index (χ0n) is 21.1. The lowest BCUT2D eigenvalue weighted by atomic mass is 9.88. The molecule has 0 atom stereocenters. The minimum Gasteiger partial charge on any atom is -0.303 e. The van der Waals surface area contributed by atoms with Gasteiger partial charge in [0.1, 0.15) is 11.6 Å². The molecule has 0 unspecified atom stereocenters. The predicted octanol–water partition coefficient (Wildman–Crippen LogP) is 4.55. The van der Waals surface area contributed by atoms with Crippen molar-refractivity contribution in [2.45, 2.75) is 26.2 Å². The van der Waals surface area contributed by atoms with E-state index < -0.39 is 7.82 Å². The summed E-state index contributed by atoms with van der Waals surface area (Å²) in [6.45, 7) is 4.44. The number of aromatic nitrogens is 2. The number of nitrogens with zero attached hydrogens (tertiary/aromatic N) is 3. The smallest absolute Gasteiger partial charge is 0.303 e. The van der Waals surface area contributed by atoms with Gasteiger partial charge in [-0.05, 0) is 67.2 Å². The molecule has 206 valence electrons. The molecule has 8 nitrogen and oxygen atoms in total. The molecule has 0 aliphatic carbocycles. The van der Waals surface area contributed by atoms with Crippen molar-refractivity contribution in [3.05, 3.63) is 110 Å². The van der Waals surface area contributed by atoms with Crippen molar-refractivity contribution >= 4 is 29.7 Å². The first kappa shape index (κ1) is 28.9. The molecule has 0 bridgehead atoms. The third kappa shape index (κ3) is 7.76. The number of likely N-dealkylation sites (tertiary alicyclic amines) is 1. The molecule has 2 aromatic heterocycles. The third-order valence-corrected chi connectivity index (χ3v) is 7.28. The number of piperidine rings is 1. The summed E-state index contributed by atoms with van der Waals surface area (Å²) in [4.78, 5) is 42.1. The highest BCUT2D eigenvalue weighted by Crippen LogP contribution is 2.32. The van der Waals surface area contributed by atoms with E-state index in [9.17, 15) is 13.6 Å². The van der Waals surface area contributed by atoms with Crippen molar-refractivity contribution in [2.24, 2.45) is 0 Å². The summed E-state index contributed by atoms with van der Waals surface area (Å²) in [7, 11) is -4.64. The number of rotatable bonds is 5. The zero-order valence-corrected chi connectivity index (χ0v) is 22.8. The maximum Gasteiger partial charge on any atom is 0.466 e. The highest BCUT2D eigenvalue weighted by atomic mass is 32.1. The van der Waals surface area contributed by atoms with E-state index in [2.05, 4.69) is 9.88 Å². The Hall–Kier alpha value is -3.05. The molecule has 0 spiro atoms. The standard InChI is InChI=1S/C27H25F2N3OS.H3O4P/c1-18-24(26(33)32-16-17-34-27(32)30-18)12-15-31-13-10-21(11-14-31)25(19-2-6-22(28)7-3-19)20-4-8-23(29)9-5-20;1-5(2,3)4/h2-9,16-17H,10-15H2,1H3;(H3,1,2,3,4). The maximum atomic E-state index is 13.5. The van der Waals surface area contributed by atoms with Crippen LogP contribution in [0.4, 0.5) is 8.78 Å². The molecule has 1 aliphatic heterocycles. The van der Waals surface area contributed by atoms with E-state index in [4.69, 9.17) is 19.2 Å². The molecule has 2 aromatic carbocycles. The Labute approximate surface area is 227 Å². The fourth-order valence-corrected chi connectivity index (χ4v) is 5.43. The van der Waals surface area contributed by atoms with E-state index in [1.807, 2.05) is 12.3 Å². The lowest BCUT2D eigenvalue weighted by molar-refractivity contribution is 0.259. The molecular weight excluding hydrogens is 547 g/mol. The Bertz CT molecular complexity index is 1510. The number of thiazole rings is 1. The van der Waals surface area contributed by atoms with Crippen LogP contribution in [0.1, 0.15) is 35.2 Å². The molecule has 1 saturated heterocycles. The summed E-state index contributed by atoms with van der Waals surface area (Å²) in [5.41, 5.74) is 5.82. The number of fused-ring (bicyclic) bond motifs is 1. The van der Waals surface area contributed by atoms with E-state index in [-0.39, 0.29) is 17.2 Å². The van der Waals surface area contributed by atoms with E-state index in [0.29, 0.717) is 6.42 Å². The van der Waals surface area contributed by atoms with E-state index in [1.54, 1.807) is 34.9 Å². The molecule has 0 saturated carbocycles. The molecule has 1 fully saturated rings. The van der Waals surface area contributed by atoms with E-state index >= 15 is 0 Å². The highest BCUT2D eigenvalue weighted by Gasteiger charge is 2.20. The van der Waals surface area contributed by atoms with Gasteiger partial charge >= 0.3 is 7.82 Å². The number of halogens is 2. The molecule has 0 radical (unpaired) electrons. The Morgan fingerprint density at radius 3 is 2.00 bits per heavy atom. The normalized spacial score (nSPS) is 14.3. The van der Waals surface area contributed by atoms with Gasteiger partial charge in [0.05, 0.1) is 0 Å². The van der Waals surface area contributed by atoms with Crippen LogP contribution in [0.2, 0.25) is 0 Å². The molecular formula is C27H28F2N3O5PS. The van der Waals surface area contributed by atoms with Gasteiger partial charge in [-0.3, -0.25) is 9.20 Å². The van der Waals surface area contributed by atoms with Gasteiger partial charge in [0.25, 0.3) is 5.56 Å². The van der Waals surface area contributed by atoms with Gasteiger partial charge in [-0.25, -0.2) is 18.3 Å². The fraction of sp³-hybridized carbons (Fsp3) is 0.259. The van der Waals surface area contributed by atoms with Gasteiger partial charge in [0.15, 0.2) is 4.96 Å². The van der Waals surface area contributed by atoms with Crippen LogP contribution >= 0.6 is 19.2 Å². The Balaban J connectivity index is 0.000000648. The molecule has 5 rings (SSSR count). The molecule has 3 heterocycles. The highest BCUT2D eigenvalue weighted by molar-refractivity contribution is 7.45. The summed E-state index contributed by atoms with van der Waals surface area (Å²) < 4.78 is 37.6. The molecule has 0 amide bonds. The summed E-state index contributed by atoms with van der Waals surface area (Å²) in [6.07, 6.45) is 4.18. The van der Waals surface area contributed by atoms with Gasteiger partial charge in [0, 0.05) is 42.5 Å². The average molecular weight is 576 g/mol. The minimum absolute atomic E-state index is 0.0243. The second-order valence-electron chi connectivity index (χ2n) is 9.13. The molecule has 4 aromatic rings. The topological polar surface area (TPSA) is 115 Å². The number of phosphoric acid groups is 1. The van der Waals surface area contributed by atoms with Crippen molar-refractivity contribution in [2.75, 3.05) is 19.6 Å². The molecule has 12 heteroatoms. The van der Waals surface area contributed by atoms with Crippen LogP contribution in [0.25, 0.3) is 10.5 Å². The molecule has 3 N–H and O–H groups in total. The van der Waals surface area contributed by atoms with Crippen LogP contribution in [-0.4, -0.2) is 48.6 Å². The van der Waals surface area contributed by atoms with Crippen molar-refractivity contribution in [1.29, 1.82) is 0 Å². The van der Waals surface area contributed by atoms with Crippen LogP contribution in [-0.2, 0) is 11.0 Å². The Morgan fingerprint density at radius 1 is 0.974 bits per heavy atom. The van der Waals surface area contributed by atoms with Crippen LogP contribution in [0.15, 0.2) is 70.5 Å². The van der Waals surface area contributed by atoms with Gasteiger partial charge < -0.3 is 19.6 Å². The summed E-state index contributed by atoms with van der Waals surface area (Å²) >= 11 is 1.47. The number of benzene rings is 2. The van der Waals surface area contributed by atoms with Crippen LogP contribution < -0.4 is 5.56 Å². The lowest BCUT2D eigenvalue weighted by Crippen LogP contribution is -2.34. The first-order chi connectivity index (χ1) is 18.5. The Kier molecular flexibility index (Phi) is 9.22. The van der Waals surface area contributed by atoms with Gasteiger partial charge in [-0.1, -0.05) is 29.8 Å². The second-order valence-corrected chi connectivity index (χ2v) is 11.0.